The molecule has 1 saturated heterocycles. The summed E-state index contributed by atoms with van der Waals surface area (Å²) in [6, 6.07) is 54.0. The van der Waals surface area contributed by atoms with Gasteiger partial charge in [0.05, 0.1) is 20.8 Å². The fourth-order valence-corrected chi connectivity index (χ4v) is 11.9. The highest BCUT2D eigenvalue weighted by atomic mass is 16.6. The number of carbonyl (C=O) groups is 3. The van der Waals surface area contributed by atoms with Crippen molar-refractivity contribution in [2.24, 2.45) is 11.5 Å². The summed E-state index contributed by atoms with van der Waals surface area (Å²) in [6.07, 6.45) is -3.75. The van der Waals surface area contributed by atoms with E-state index in [2.05, 4.69) is 10.3 Å². The fraction of sp³-hybridized carbons (Fsp3) is 0.258. The molecule has 0 spiro atoms. The number of nitrogens with one attached hydrogen (secondary N) is 2. The van der Waals surface area contributed by atoms with Crippen molar-refractivity contribution in [1.82, 2.24) is 14.9 Å². The van der Waals surface area contributed by atoms with Gasteiger partial charge in [0.25, 0.3) is 11.5 Å². The molecule has 11 rings (SSSR count). The van der Waals surface area contributed by atoms with E-state index in [1.807, 2.05) is 152 Å². The van der Waals surface area contributed by atoms with Crippen LogP contribution in [-0.4, -0.2) is 96.4 Å². The maximum Gasteiger partial charge on any atom is 0.335 e. The van der Waals surface area contributed by atoms with E-state index in [0.29, 0.717) is 28.2 Å². The molecule has 0 radical (unpaired) electrons. The molecule has 1 fully saturated rings. The van der Waals surface area contributed by atoms with Crippen LogP contribution < -0.4 is 37.5 Å². The third kappa shape index (κ3) is 10.8. The Morgan fingerprint density at radius 1 is 0.639 bits per heavy atom. The van der Waals surface area contributed by atoms with Crippen LogP contribution in [0.15, 0.2) is 198 Å². The first-order valence-corrected chi connectivity index (χ1v) is 27.5. The van der Waals surface area contributed by atoms with Gasteiger partial charge in [-0.25, -0.2) is 9.59 Å². The van der Waals surface area contributed by atoms with E-state index in [9.17, 15) is 24.3 Å². The van der Waals surface area contributed by atoms with Gasteiger partial charge in [-0.2, -0.15) is 0 Å². The quantitative estimate of drug-likeness (QED) is 0.0271. The molecular weight excluding hydrogens is 1050 g/mol. The summed E-state index contributed by atoms with van der Waals surface area (Å²) in [5.41, 5.74) is 18.2. The smallest absolute Gasteiger partial charge is 0.335 e. The van der Waals surface area contributed by atoms with Gasteiger partial charge in [0.1, 0.15) is 54.6 Å². The highest BCUT2D eigenvalue weighted by molar-refractivity contribution is 6.07. The molecule has 3 aliphatic rings. The summed E-state index contributed by atoms with van der Waals surface area (Å²) >= 11 is 0. The average Bonchev–Trinajstić information content (AvgIpc) is 4.38. The second-order valence-electron chi connectivity index (χ2n) is 21.0. The van der Waals surface area contributed by atoms with E-state index in [0.717, 1.165) is 55.1 Å². The van der Waals surface area contributed by atoms with Crippen LogP contribution in [-0.2, 0) is 38.9 Å². The number of H-pyrrole nitrogens is 1. The first-order chi connectivity index (χ1) is 40.3. The second kappa shape index (κ2) is 23.9. The Bertz CT molecular complexity index is 3640. The topological polar surface area (TPSA) is 246 Å². The number of esters is 2. The molecule has 2 aliphatic carbocycles. The second-order valence-corrected chi connectivity index (χ2v) is 21.0. The number of benzene rings is 7. The van der Waals surface area contributed by atoms with Crippen LogP contribution in [0.4, 0.5) is 0 Å². The number of hydrogen-bond acceptors (Lipinski definition) is 14. The van der Waals surface area contributed by atoms with E-state index < -0.39 is 76.7 Å². The van der Waals surface area contributed by atoms with Crippen LogP contribution in [0.2, 0.25) is 0 Å². The number of aliphatic hydroxyl groups is 1. The molecule has 1 unspecified atom stereocenters. The summed E-state index contributed by atoms with van der Waals surface area (Å²) in [4.78, 5) is 72.1. The highest BCUT2D eigenvalue weighted by Gasteiger charge is 2.52. The van der Waals surface area contributed by atoms with Crippen molar-refractivity contribution in [3.8, 4) is 33.8 Å². The normalized spacial score (nSPS) is 18.2. The van der Waals surface area contributed by atoms with Crippen molar-refractivity contribution < 1.29 is 47.9 Å². The van der Waals surface area contributed by atoms with Crippen LogP contribution in [0.1, 0.15) is 76.3 Å². The SMILES string of the molecule is COc1ccc(C(OC[C@H]2O[C@@H](n3ccc(=O)[nH]c3=O)[C@H](NC(=O)[C@@](N)(CCCC(N)C(=O)OCC3c4ccccc4-c4ccccc43)C(=O)OCC3c4ccccc4-c4ccccc43)[C@@H]2O)(c2ccccc2)c2ccc(OC)cc2)cc1. The number of aliphatic hydroxyl groups excluding tert-OH is 1. The number of amides is 1. The van der Waals surface area contributed by atoms with Crippen LogP contribution >= 0.6 is 0 Å². The molecule has 6 atom stereocenters. The number of rotatable bonds is 21. The van der Waals surface area contributed by atoms with Crippen molar-refractivity contribution in [3.05, 3.63) is 248 Å². The number of carbonyl (C=O) groups excluding carboxylic acids is 3. The molecule has 83 heavy (non-hydrogen) atoms. The predicted molar refractivity (Wildman–Crippen MR) is 310 cm³/mol. The number of nitrogens with zero attached hydrogens (tertiary/aromatic N) is 1. The molecule has 17 nitrogen and oxygen atoms in total. The van der Waals surface area contributed by atoms with Crippen molar-refractivity contribution in [2.45, 2.75) is 72.8 Å². The lowest BCUT2D eigenvalue weighted by Gasteiger charge is -2.37. The Labute approximate surface area is 478 Å². The molecule has 1 aliphatic heterocycles. The lowest BCUT2D eigenvalue weighted by atomic mass is 9.80. The largest absolute Gasteiger partial charge is 0.497 e. The van der Waals surface area contributed by atoms with Gasteiger partial charge in [0, 0.05) is 24.1 Å². The van der Waals surface area contributed by atoms with Gasteiger partial charge < -0.3 is 50.3 Å². The predicted octanol–water partition coefficient (Wildman–Crippen LogP) is 7.21. The molecule has 2 heterocycles. The fourth-order valence-electron chi connectivity index (χ4n) is 11.9. The molecule has 7 N–H and O–H groups in total. The summed E-state index contributed by atoms with van der Waals surface area (Å²) < 4.78 is 37.7. The number of aromatic nitrogens is 2. The molecule has 1 aromatic heterocycles. The van der Waals surface area contributed by atoms with Crippen LogP contribution in [0.5, 0.6) is 11.5 Å². The van der Waals surface area contributed by atoms with Gasteiger partial charge in [-0.1, -0.05) is 152 Å². The van der Waals surface area contributed by atoms with E-state index >= 15 is 4.79 Å². The molecular formula is C66H63N5O12. The summed E-state index contributed by atoms with van der Waals surface area (Å²) in [6.45, 7) is -0.506. The van der Waals surface area contributed by atoms with Crippen LogP contribution in [0.25, 0.3) is 22.3 Å². The summed E-state index contributed by atoms with van der Waals surface area (Å²) in [5, 5.41) is 15.3. The number of methoxy groups -OCH3 is 2. The summed E-state index contributed by atoms with van der Waals surface area (Å²) in [5.74, 6) is -2.27. The monoisotopic (exact) mass is 1120 g/mol. The van der Waals surface area contributed by atoms with Crippen LogP contribution in [0, 0.1) is 0 Å². The molecule has 17 heteroatoms. The minimum atomic E-state index is -2.49. The third-order valence-corrected chi connectivity index (χ3v) is 16.3. The van der Waals surface area contributed by atoms with E-state index in [1.165, 1.54) is 6.20 Å². The van der Waals surface area contributed by atoms with Crippen molar-refractivity contribution in [2.75, 3.05) is 34.0 Å². The Hall–Kier alpha value is -8.97. The Morgan fingerprint density at radius 3 is 1.60 bits per heavy atom. The van der Waals surface area contributed by atoms with Crippen molar-refractivity contribution >= 4 is 17.8 Å². The zero-order valence-corrected chi connectivity index (χ0v) is 45.7. The van der Waals surface area contributed by atoms with Gasteiger partial charge in [-0.3, -0.25) is 23.9 Å². The maximum absolute atomic E-state index is 15.2. The maximum atomic E-state index is 15.2. The lowest BCUT2D eigenvalue weighted by Crippen LogP contribution is -2.63. The molecule has 0 bridgehead atoms. The first kappa shape index (κ1) is 55.9. The number of aromatic amines is 1. The Kier molecular flexibility index (Phi) is 16.1. The molecule has 424 valence electrons. The number of hydrogen-bond donors (Lipinski definition) is 5. The zero-order chi connectivity index (χ0) is 57.8. The van der Waals surface area contributed by atoms with Gasteiger partial charge in [-0.05, 0) is 105 Å². The number of nitrogens with two attached hydrogens (primary N) is 2. The number of fused-ring (bicyclic) bond motifs is 6. The zero-order valence-electron chi connectivity index (χ0n) is 45.7. The Morgan fingerprint density at radius 2 is 1.11 bits per heavy atom. The van der Waals surface area contributed by atoms with E-state index in [4.69, 9.17) is 39.9 Å². The third-order valence-electron chi connectivity index (χ3n) is 16.3. The van der Waals surface area contributed by atoms with Gasteiger partial charge >= 0.3 is 17.6 Å². The summed E-state index contributed by atoms with van der Waals surface area (Å²) in [7, 11) is 3.13. The van der Waals surface area contributed by atoms with Crippen LogP contribution in [0.3, 0.4) is 0 Å². The van der Waals surface area contributed by atoms with Crippen molar-refractivity contribution in [3.63, 3.8) is 0 Å². The highest BCUT2D eigenvalue weighted by Crippen LogP contribution is 2.47. The van der Waals surface area contributed by atoms with E-state index in [-0.39, 0.29) is 45.0 Å². The molecule has 1 amide bonds. The first-order valence-electron chi connectivity index (χ1n) is 27.5. The van der Waals surface area contributed by atoms with Gasteiger partial charge in [-0.15, -0.1) is 0 Å². The lowest BCUT2D eigenvalue weighted by molar-refractivity contribution is -0.156. The molecule has 7 aromatic carbocycles. The Balaban J connectivity index is 0.877. The van der Waals surface area contributed by atoms with Gasteiger partial charge in [0.15, 0.2) is 11.8 Å². The average molecular weight is 1120 g/mol. The molecule has 0 saturated carbocycles. The minimum absolute atomic E-state index is 0.0388. The van der Waals surface area contributed by atoms with E-state index in [1.54, 1.807) is 38.5 Å². The standard InChI is InChI=1S/C66H63N5O12/c1-78-43-30-26-41(27-31-43)66(40-15-4-3-5-16-40,42-28-32-44(79-2)33-29-42)82-39-56-59(73)58(60(83-56)71-36-34-57(72)69-64(71)77)70-62(75)65(68,63(76)81-38-54-51-23-12-8-19-47(51)48-20-9-13-24-52(48)54)35-14-25-55(67)61(74)80-37-53-49-21-10-6-17-45(49)46-18-7-11-22-50(46)53/h3-13,15-24,26-34,36,53-56,58-60,73H,14,25,35,37-39,67-68H2,1-2H3,(H,70,75)(H,69,72,77)/t55?,56-,58-,59-,60-,65+/m1/s1. The van der Waals surface area contributed by atoms with Gasteiger partial charge in [0.2, 0.25) is 0 Å². The molecule has 8 aromatic rings. The number of ether oxygens (including phenoxy) is 6. The minimum Gasteiger partial charge on any atom is -0.497 e. The van der Waals surface area contributed by atoms with Crippen molar-refractivity contribution in [1.29, 1.82) is 0 Å².